The van der Waals surface area contributed by atoms with Crippen LogP contribution in [0.1, 0.15) is 5.56 Å². The molecule has 0 heterocycles. The van der Waals surface area contributed by atoms with Crippen molar-refractivity contribution in [2.75, 3.05) is 4.72 Å². The third-order valence-electron chi connectivity index (χ3n) is 1.48. The maximum atomic E-state index is 10.6. The zero-order valence-electron chi connectivity index (χ0n) is 7.20. The highest BCUT2D eigenvalue weighted by molar-refractivity contribution is 7.90. The van der Waals surface area contributed by atoms with Crippen molar-refractivity contribution in [1.29, 1.82) is 0 Å². The van der Waals surface area contributed by atoms with E-state index in [1.165, 1.54) is 0 Å². The van der Waals surface area contributed by atoms with Crippen LogP contribution in [-0.4, -0.2) is 8.42 Å². The molecule has 5 nitrogen and oxygen atoms in total. The third kappa shape index (κ3) is 3.93. The topological polar surface area (TPSA) is 84.2 Å². The Labute approximate surface area is 87.5 Å². The number of nitrogens with one attached hydrogen (secondary N) is 2. The van der Waals surface area contributed by atoms with E-state index in [1.54, 1.807) is 24.3 Å². The van der Waals surface area contributed by atoms with E-state index in [0.717, 1.165) is 5.56 Å². The van der Waals surface area contributed by atoms with Gasteiger partial charge in [0.1, 0.15) is 0 Å². The Morgan fingerprint density at radius 3 is 2.29 bits per heavy atom. The SMILES string of the molecule is NS(=O)(=O)Nc1ccc(CNCl)cc1. The predicted octanol–water partition coefficient (Wildman–Crippen LogP) is 0.545. The summed E-state index contributed by atoms with van der Waals surface area (Å²) < 4.78 is 23.4. The van der Waals surface area contributed by atoms with Crippen molar-refractivity contribution in [2.45, 2.75) is 6.54 Å². The minimum absolute atomic E-state index is 0.422. The molecule has 0 saturated heterocycles. The summed E-state index contributed by atoms with van der Waals surface area (Å²) in [6.45, 7) is 0.511. The van der Waals surface area contributed by atoms with Gasteiger partial charge in [-0.2, -0.15) is 8.42 Å². The average Bonchev–Trinajstić information content (AvgIpc) is 2.06. The minimum atomic E-state index is -3.69. The van der Waals surface area contributed by atoms with Crippen molar-refractivity contribution in [1.82, 2.24) is 4.84 Å². The van der Waals surface area contributed by atoms with Crippen molar-refractivity contribution in [3.05, 3.63) is 29.8 Å². The van der Waals surface area contributed by atoms with Gasteiger partial charge >= 0.3 is 0 Å². The normalized spacial score (nSPS) is 11.3. The highest BCUT2D eigenvalue weighted by Gasteiger charge is 2.01. The van der Waals surface area contributed by atoms with Crippen molar-refractivity contribution in [3.8, 4) is 0 Å². The molecule has 1 rings (SSSR count). The molecule has 4 N–H and O–H groups in total. The predicted molar refractivity (Wildman–Crippen MR) is 55.9 cm³/mol. The molecule has 0 saturated carbocycles. The first-order chi connectivity index (χ1) is 6.51. The van der Waals surface area contributed by atoms with E-state index < -0.39 is 10.2 Å². The van der Waals surface area contributed by atoms with Gasteiger partial charge in [-0.15, -0.1) is 0 Å². The molecule has 0 unspecified atom stereocenters. The lowest BCUT2D eigenvalue weighted by Gasteiger charge is -2.04. The van der Waals surface area contributed by atoms with Crippen LogP contribution in [0.2, 0.25) is 0 Å². The summed E-state index contributed by atoms with van der Waals surface area (Å²) in [6, 6.07) is 6.69. The van der Waals surface area contributed by atoms with Gasteiger partial charge in [0, 0.05) is 12.2 Å². The van der Waals surface area contributed by atoms with Gasteiger partial charge in [0.2, 0.25) is 0 Å². The second-order valence-corrected chi connectivity index (χ2v) is 4.22. The van der Waals surface area contributed by atoms with Crippen LogP contribution in [0, 0.1) is 0 Å². The molecule has 1 aromatic rings. The van der Waals surface area contributed by atoms with Crippen LogP contribution in [0.15, 0.2) is 24.3 Å². The number of nitrogens with two attached hydrogens (primary N) is 1. The fourth-order valence-corrected chi connectivity index (χ4v) is 1.55. The fourth-order valence-electron chi connectivity index (χ4n) is 0.932. The van der Waals surface area contributed by atoms with E-state index in [9.17, 15) is 8.42 Å². The van der Waals surface area contributed by atoms with Crippen molar-refractivity contribution in [2.24, 2.45) is 5.14 Å². The van der Waals surface area contributed by atoms with Crippen LogP contribution >= 0.6 is 11.8 Å². The lowest BCUT2D eigenvalue weighted by atomic mass is 10.2. The standard InChI is InChI=1S/C7H10ClN3O2S/c8-10-5-6-1-3-7(4-2-6)11-14(9,12)13/h1-4,10-11H,5H2,(H2,9,12,13). The second kappa shape index (κ2) is 4.61. The molecule has 0 bridgehead atoms. The summed E-state index contributed by atoms with van der Waals surface area (Å²) in [4.78, 5) is 2.46. The molecular formula is C7H10ClN3O2S. The largest absolute Gasteiger partial charge is 0.296 e. The van der Waals surface area contributed by atoms with Crippen molar-refractivity contribution >= 4 is 27.7 Å². The lowest BCUT2D eigenvalue weighted by Crippen LogP contribution is -2.21. The van der Waals surface area contributed by atoms with E-state index in [-0.39, 0.29) is 0 Å². The fraction of sp³-hybridized carbons (Fsp3) is 0.143. The first-order valence-electron chi connectivity index (χ1n) is 3.74. The summed E-state index contributed by atoms with van der Waals surface area (Å²) in [5.41, 5.74) is 1.37. The summed E-state index contributed by atoms with van der Waals surface area (Å²) in [5.74, 6) is 0. The van der Waals surface area contributed by atoms with Crippen LogP contribution in [0.25, 0.3) is 0 Å². The Balaban J connectivity index is 2.74. The van der Waals surface area contributed by atoms with E-state index >= 15 is 0 Å². The molecular weight excluding hydrogens is 226 g/mol. The zero-order chi connectivity index (χ0) is 10.6. The number of halogens is 1. The Bertz CT molecular complexity index is 390. The minimum Gasteiger partial charge on any atom is -0.271 e. The molecule has 0 aliphatic carbocycles. The molecule has 0 aliphatic heterocycles. The summed E-state index contributed by atoms with van der Waals surface area (Å²) in [5, 5.41) is 4.79. The van der Waals surface area contributed by atoms with Gasteiger partial charge in [-0.05, 0) is 29.5 Å². The van der Waals surface area contributed by atoms with E-state index in [1.807, 2.05) is 0 Å². The van der Waals surface area contributed by atoms with Gasteiger partial charge in [0.25, 0.3) is 10.2 Å². The maximum Gasteiger partial charge on any atom is 0.296 e. The first-order valence-corrected chi connectivity index (χ1v) is 5.66. The molecule has 0 spiro atoms. The van der Waals surface area contributed by atoms with Gasteiger partial charge in [0.05, 0.1) is 0 Å². The molecule has 0 fully saturated rings. The molecule has 0 aromatic heterocycles. The molecule has 0 amide bonds. The number of rotatable bonds is 4. The Kier molecular flexibility index (Phi) is 3.70. The summed E-state index contributed by atoms with van der Waals surface area (Å²) in [6.07, 6.45) is 0. The molecule has 1 aromatic carbocycles. The Morgan fingerprint density at radius 2 is 1.86 bits per heavy atom. The summed E-state index contributed by atoms with van der Waals surface area (Å²) in [7, 11) is -3.69. The van der Waals surface area contributed by atoms with Crippen LogP contribution in [0.3, 0.4) is 0 Å². The van der Waals surface area contributed by atoms with Crippen LogP contribution < -0.4 is 14.7 Å². The maximum absolute atomic E-state index is 10.6. The molecule has 0 radical (unpaired) electrons. The first kappa shape index (κ1) is 11.3. The molecule has 0 atom stereocenters. The van der Waals surface area contributed by atoms with Crippen molar-refractivity contribution in [3.63, 3.8) is 0 Å². The van der Waals surface area contributed by atoms with E-state index in [2.05, 4.69) is 9.56 Å². The highest BCUT2D eigenvalue weighted by Crippen LogP contribution is 2.10. The molecule has 14 heavy (non-hydrogen) atoms. The number of benzene rings is 1. The second-order valence-electron chi connectivity index (χ2n) is 2.65. The summed E-state index contributed by atoms with van der Waals surface area (Å²) >= 11 is 5.30. The Hall–Kier alpha value is -0.820. The average molecular weight is 236 g/mol. The lowest BCUT2D eigenvalue weighted by molar-refractivity contribution is 0.603. The monoisotopic (exact) mass is 235 g/mol. The van der Waals surface area contributed by atoms with Crippen LogP contribution in [-0.2, 0) is 16.8 Å². The number of hydrogen-bond donors (Lipinski definition) is 3. The van der Waals surface area contributed by atoms with Gasteiger partial charge < -0.3 is 0 Å². The van der Waals surface area contributed by atoms with E-state index in [4.69, 9.17) is 16.9 Å². The van der Waals surface area contributed by atoms with E-state index in [0.29, 0.717) is 12.2 Å². The van der Waals surface area contributed by atoms with Crippen LogP contribution in [0.4, 0.5) is 5.69 Å². The number of hydrogen-bond acceptors (Lipinski definition) is 3. The highest BCUT2D eigenvalue weighted by atomic mass is 35.5. The molecule has 78 valence electrons. The van der Waals surface area contributed by atoms with Gasteiger partial charge in [-0.3, -0.25) is 4.72 Å². The van der Waals surface area contributed by atoms with Gasteiger partial charge in [0.15, 0.2) is 0 Å². The van der Waals surface area contributed by atoms with Gasteiger partial charge in [-0.1, -0.05) is 12.1 Å². The Morgan fingerprint density at radius 1 is 1.29 bits per heavy atom. The zero-order valence-corrected chi connectivity index (χ0v) is 8.77. The van der Waals surface area contributed by atoms with Crippen LogP contribution in [0.5, 0.6) is 0 Å². The quantitative estimate of drug-likeness (QED) is 0.667. The number of anilines is 1. The van der Waals surface area contributed by atoms with Gasteiger partial charge in [-0.25, -0.2) is 9.97 Å². The third-order valence-corrected chi connectivity index (χ3v) is 2.14. The molecule has 0 aliphatic rings. The smallest absolute Gasteiger partial charge is 0.271 e. The molecule has 7 heteroatoms. The van der Waals surface area contributed by atoms with Crippen molar-refractivity contribution < 1.29 is 8.42 Å².